The molecule has 0 spiro atoms. The van der Waals surface area contributed by atoms with Crippen LogP contribution in [-0.2, 0) is 9.53 Å². The summed E-state index contributed by atoms with van der Waals surface area (Å²) in [7, 11) is 0. The van der Waals surface area contributed by atoms with Crippen LogP contribution in [0.5, 0.6) is 0 Å². The molecule has 0 unspecified atom stereocenters. The Kier molecular flexibility index (Phi) is 12.2. The van der Waals surface area contributed by atoms with Crippen LogP contribution >= 0.6 is 15.9 Å². The maximum atomic E-state index is 12.0. The second-order valence-electron chi connectivity index (χ2n) is 6.87. The number of nitrogens with zero attached hydrogens (tertiary/aromatic N) is 3. The standard InChI is InChI=1S/C21H34BrN5O2/c1-5-7-19(17(4)16(2)3)25-14-18(22)21(26-15-23)24-9-6-10-27-11-13-29-12-8-20(27)28/h7,14-15,25H,5-6,8-13H2,1-4H3,(H2,23,24,26)/b18-14+,19-7+. The molecule has 0 aromatic carbocycles. The van der Waals surface area contributed by atoms with Crippen molar-refractivity contribution >= 4 is 34.0 Å². The van der Waals surface area contributed by atoms with E-state index in [4.69, 9.17) is 10.5 Å². The van der Waals surface area contributed by atoms with Crippen LogP contribution in [0.2, 0.25) is 0 Å². The van der Waals surface area contributed by atoms with Gasteiger partial charge in [-0.15, -0.1) is 0 Å². The molecule has 1 saturated heterocycles. The monoisotopic (exact) mass is 467 g/mol. The number of carbonyl (C=O) groups excluding carboxylic acids is 1. The maximum absolute atomic E-state index is 12.0. The van der Waals surface area contributed by atoms with E-state index in [2.05, 4.69) is 65.0 Å². The van der Waals surface area contributed by atoms with Crippen LogP contribution in [0, 0.1) is 0 Å². The lowest BCUT2D eigenvalue weighted by Gasteiger charge is -2.19. The first-order valence-corrected chi connectivity index (χ1v) is 10.8. The molecule has 1 aliphatic heterocycles. The molecule has 0 saturated carbocycles. The van der Waals surface area contributed by atoms with Crippen molar-refractivity contribution in [3.8, 4) is 0 Å². The smallest absolute Gasteiger partial charge is 0.224 e. The first-order valence-electron chi connectivity index (χ1n) is 10.0. The largest absolute Gasteiger partial charge is 0.390 e. The van der Waals surface area contributed by atoms with Crippen molar-refractivity contribution < 1.29 is 9.53 Å². The number of amidine groups is 1. The summed E-state index contributed by atoms with van der Waals surface area (Å²) >= 11 is 3.53. The lowest BCUT2D eigenvalue weighted by Crippen LogP contribution is -2.32. The Morgan fingerprint density at radius 1 is 1.34 bits per heavy atom. The number of allylic oxidation sites excluding steroid dienone is 3. The Morgan fingerprint density at radius 2 is 2.10 bits per heavy atom. The van der Waals surface area contributed by atoms with Gasteiger partial charge in [0.15, 0.2) is 5.84 Å². The first-order chi connectivity index (χ1) is 13.9. The lowest BCUT2D eigenvalue weighted by atomic mass is 10.1. The minimum atomic E-state index is 0.141. The molecular formula is C21H34BrN5O2. The van der Waals surface area contributed by atoms with Gasteiger partial charge in [-0.1, -0.05) is 18.6 Å². The summed E-state index contributed by atoms with van der Waals surface area (Å²) in [6.07, 6.45) is 7.33. The van der Waals surface area contributed by atoms with Gasteiger partial charge in [0.05, 0.1) is 30.5 Å². The van der Waals surface area contributed by atoms with Gasteiger partial charge in [-0.3, -0.25) is 9.79 Å². The Hall–Kier alpha value is -1.93. The highest BCUT2D eigenvalue weighted by molar-refractivity contribution is 9.12. The van der Waals surface area contributed by atoms with Gasteiger partial charge in [-0.25, -0.2) is 4.99 Å². The van der Waals surface area contributed by atoms with Gasteiger partial charge in [0.25, 0.3) is 0 Å². The zero-order valence-corrected chi connectivity index (χ0v) is 19.6. The van der Waals surface area contributed by atoms with Gasteiger partial charge in [0, 0.05) is 31.5 Å². The second kappa shape index (κ2) is 14.1. The number of halogens is 1. The van der Waals surface area contributed by atoms with Gasteiger partial charge < -0.3 is 20.7 Å². The summed E-state index contributed by atoms with van der Waals surface area (Å²) in [5.41, 5.74) is 9.00. The van der Waals surface area contributed by atoms with Crippen LogP contribution < -0.4 is 11.1 Å². The number of aliphatic imine (C=N–C) groups is 2. The third-order valence-corrected chi connectivity index (χ3v) is 5.08. The average Bonchev–Trinajstić information content (AvgIpc) is 2.90. The van der Waals surface area contributed by atoms with Crippen molar-refractivity contribution in [2.45, 2.75) is 47.0 Å². The SMILES string of the molecule is CC/C=C(/N/C=C(/Br)C(N=CN)=NCCCN1CCOCCC1=O)C(C)=C(C)C. The highest BCUT2D eigenvalue weighted by Gasteiger charge is 2.16. The number of ether oxygens (including phenoxy) is 1. The van der Waals surface area contributed by atoms with Crippen molar-refractivity contribution in [1.82, 2.24) is 10.2 Å². The van der Waals surface area contributed by atoms with E-state index in [0.29, 0.717) is 49.6 Å². The molecule has 0 aromatic heterocycles. The summed E-state index contributed by atoms with van der Waals surface area (Å²) in [4.78, 5) is 22.5. The minimum Gasteiger partial charge on any atom is -0.390 e. The number of hydrogen-bond acceptors (Lipinski definition) is 4. The van der Waals surface area contributed by atoms with Crippen LogP contribution in [0.3, 0.4) is 0 Å². The molecule has 0 atom stereocenters. The molecule has 0 bridgehead atoms. The van der Waals surface area contributed by atoms with E-state index >= 15 is 0 Å². The van der Waals surface area contributed by atoms with Gasteiger partial charge in [-0.2, -0.15) is 0 Å². The summed E-state index contributed by atoms with van der Waals surface area (Å²) in [5, 5.41) is 3.33. The summed E-state index contributed by atoms with van der Waals surface area (Å²) in [6.45, 7) is 11.3. The van der Waals surface area contributed by atoms with Crippen molar-refractivity contribution in [2.24, 2.45) is 15.7 Å². The van der Waals surface area contributed by atoms with Crippen LogP contribution in [0.25, 0.3) is 0 Å². The minimum absolute atomic E-state index is 0.141. The average molecular weight is 468 g/mol. The molecule has 0 aromatic rings. The molecule has 3 N–H and O–H groups in total. The van der Waals surface area contributed by atoms with Crippen LogP contribution in [0.15, 0.2) is 43.6 Å². The molecule has 1 rings (SSSR count). The Labute approximate surface area is 183 Å². The molecule has 8 heteroatoms. The Morgan fingerprint density at radius 3 is 2.76 bits per heavy atom. The van der Waals surface area contributed by atoms with E-state index in [9.17, 15) is 4.79 Å². The first kappa shape index (κ1) is 25.1. The lowest BCUT2D eigenvalue weighted by molar-refractivity contribution is -0.130. The quantitative estimate of drug-likeness (QED) is 0.235. The maximum Gasteiger partial charge on any atom is 0.224 e. The Bertz CT molecular complexity index is 691. The summed E-state index contributed by atoms with van der Waals surface area (Å²) in [5.74, 6) is 0.651. The molecule has 1 heterocycles. The van der Waals surface area contributed by atoms with Crippen molar-refractivity contribution in [1.29, 1.82) is 0 Å². The summed E-state index contributed by atoms with van der Waals surface area (Å²) < 4.78 is 6.06. The topological polar surface area (TPSA) is 92.3 Å². The summed E-state index contributed by atoms with van der Waals surface area (Å²) in [6, 6.07) is 0. The zero-order valence-electron chi connectivity index (χ0n) is 18.0. The van der Waals surface area contributed by atoms with Crippen LogP contribution in [-0.4, -0.2) is 55.8 Å². The normalized spacial score (nSPS) is 16.9. The van der Waals surface area contributed by atoms with Crippen molar-refractivity contribution in [3.63, 3.8) is 0 Å². The van der Waals surface area contributed by atoms with Crippen molar-refractivity contribution in [2.75, 3.05) is 32.8 Å². The fourth-order valence-corrected chi connectivity index (χ4v) is 2.99. The molecule has 0 aliphatic carbocycles. The van der Waals surface area contributed by atoms with Crippen LogP contribution in [0.4, 0.5) is 0 Å². The van der Waals surface area contributed by atoms with E-state index in [1.54, 1.807) is 0 Å². The molecular weight excluding hydrogens is 434 g/mol. The fraction of sp³-hybridized carbons (Fsp3) is 0.571. The predicted molar refractivity (Wildman–Crippen MR) is 124 cm³/mol. The zero-order chi connectivity index (χ0) is 21.6. The third-order valence-electron chi connectivity index (χ3n) is 4.49. The van der Waals surface area contributed by atoms with E-state index in [-0.39, 0.29) is 5.91 Å². The molecule has 0 radical (unpaired) electrons. The number of nitrogens with two attached hydrogens (primary N) is 1. The van der Waals surface area contributed by atoms with E-state index < -0.39 is 0 Å². The fourth-order valence-electron chi connectivity index (χ4n) is 2.65. The van der Waals surface area contributed by atoms with Crippen LogP contribution in [0.1, 0.15) is 47.0 Å². The second-order valence-corrected chi connectivity index (χ2v) is 7.72. The molecule has 1 fully saturated rings. The van der Waals surface area contributed by atoms with E-state index in [1.165, 1.54) is 17.5 Å². The highest BCUT2D eigenvalue weighted by atomic mass is 79.9. The van der Waals surface area contributed by atoms with E-state index in [1.807, 2.05) is 11.1 Å². The predicted octanol–water partition coefficient (Wildman–Crippen LogP) is 3.49. The number of rotatable bonds is 9. The molecule has 1 aliphatic rings. The number of nitrogens with one attached hydrogen (secondary N) is 1. The number of amides is 1. The highest BCUT2D eigenvalue weighted by Crippen LogP contribution is 2.15. The Balaban J connectivity index is 2.73. The molecule has 7 nitrogen and oxygen atoms in total. The van der Waals surface area contributed by atoms with E-state index in [0.717, 1.165) is 18.5 Å². The molecule has 29 heavy (non-hydrogen) atoms. The number of hydrogen-bond donors (Lipinski definition) is 2. The van der Waals surface area contributed by atoms with Crippen molar-refractivity contribution in [3.05, 3.63) is 33.6 Å². The molecule has 162 valence electrons. The van der Waals surface area contributed by atoms with Gasteiger partial charge >= 0.3 is 0 Å². The molecule has 1 amide bonds. The third kappa shape index (κ3) is 9.41. The number of carbonyl (C=O) groups is 1. The van der Waals surface area contributed by atoms with Gasteiger partial charge in [0.1, 0.15) is 0 Å². The van der Waals surface area contributed by atoms with Gasteiger partial charge in [0.2, 0.25) is 5.91 Å². The van der Waals surface area contributed by atoms with Gasteiger partial charge in [-0.05, 0) is 55.1 Å².